The van der Waals surface area contributed by atoms with E-state index in [1.165, 1.54) is 0 Å². The summed E-state index contributed by atoms with van der Waals surface area (Å²) in [5, 5.41) is 7.37. The van der Waals surface area contributed by atoms with Crippen LogP contribution >= 0.6 is 0 Å². The molecule has 3 heterocycles. The molecule has 2 aliphatic heterocycles. The van der Waals surface area contributed by atoms with Gasteiger partial charge in [-0.05, 0) is 19.4 Å². The molecule has 0 unspecified atom stereocenters. The highest BCUT2D eigenvalue weighted by Gasteiger charge is 2.35. The van der Waals surface area contributed by atoms with Gasteiger partial charge in [-0.15, -0.1) is 0 Å². The van der Waals surface area contributed by atoms with Crippen molar-refractivity contribution in [2.24, 2.45) is 0 Å². The molecule has 2 aliphatic rings. The van der Waals surface area contributed by atoms with E-state index in [0.717, 1.165) is 16.8 Å². The molecule has 1 aromatic heterocycles. The smallest absolute Gasteiger partial charge is 0.275 e. The molecule has 1 N–H and O–H groups in total. The molecule has 132 valence electrons. The summed E-state index contributed by atoms with van der Waals surface area (Å²) < 4.78 is 11.2. The Morgan fingerprint density at radius 3 is 2.72 bits per heavy atom. The summed E-state index contributed by atoms with van der Waals surface area (Å²) in [4.78, 5) is 15.2. The van der Waals surface area contributed by atoms with Gasteiger partial charge >= 0.3 is 0 Å². The molecule has 25 heavy (non-hydrogen) atoms. The lowest BCUT2D eigenvalue weighted by Crippen LogP contribution is -2.51. The molecule has 0 spiro atoms. The zero-order valence-electron chi connectivity index (χ0n) is 14.6. The average molecular weight is 341 g/mol. The third-order valence-electron chi connectivity index (χ3n) is 4.95. The van der Waals surface area contributed by atoms with E-state index in [0.29, 0.717) is 31.9 Å². The van der Waals surface area contributed by atoms with Gasteiger partial charge in [0.2, 0.25) is 0 Å². The van der Waals surface area contributed by atoms with E-state index in [-0.39, 0.29) is 24.2 Å². The fraction of sp³-hybridized carbons (Fsp3) is 0.474. The molecule has 1 fully saturated rings. The molecule has 0 radical (unpaired) electrons. The zero-order chi connectivity index (χ0) is 17.4. The Hall–Kier alpha value is -2.18. The van der Waals surface area contributed by atoms with Crippen LogP contribution in [-0.4, -0.2) is 46.4 Å². The van der Waals surface area contributed by atoms with E-state index in [1.807, 2.05) is 49.1 Å². The van der Waals surface area contributed by atoms with Crippen LogP contribution in [0.15, 0.2) is 30.3 Å². The molecule has 0 aliphatic carbocycles. The second-order valence-corrected chi connectivity index (χ2v) is 6.87. The van der Waals surface area contributed by atoms with Gasteiger partial charge in [-0.25, -0.2) is 0 Å². The summed E-state index contributed by atoms with van der Waals surface area (Å²) in [6.07, 6.45) is 0.723. The minimum atomic E-state index is -0.0672. The van der Waals surface area contributed by atoms with Crippen molar-refractivity contribution in [1.82, 2.24) is 15.1 Å². The minimum Gasteiger partial charge on any atom is -0.377 e. The highest BCUT2D eigenvalue weighted by Crippen LogP contribution is 2.31. The number of carbonyl (C=O) groups is 1. The number of H-pyrrole nitrogens is 1. The van der Waals surface area contributed by atoms with Gasteiger partial charge < -0.3 is 14.4 Å². The number of hydrogen-bond donors (Lipinski definition) is 1. The summed E-state index contributed by atoms with van der Waals surface area (Å²) in [5.41, 5.74) is 3.55. The molecular weight excluding hydrogens is 318 g/mol. The van der Waals surface area contributed by atoms with Crippen molar-refractivity contribution in [3.63, 3.8) is 0 Å². The number of benzene rings is 1. The second-order valence-electron chi connectivity index (χ2n) is 6.87. The van der Waals surface area contributed by atoms with Crippen LogP contribution in [0.25, 0.3) is 0 Å². The Morgan fingerprint density at radius 1 is 1.28 bits per heavy atom. The fourth-order valence-electron chi connectivity index (χ4n) is 3.54. The van der Waals surface area contributed by atoms with Gasteiger partial charge in [0.1, 0.15) is 0 Å². The first kappa shape index (κ1) is 16.3. The van der Waals surface area contributed by atoms with Gasteiger partial charge in [-0.2, -0.15) is 5.10 Å². The van der Waals surface area contributed by atoms with Gasteiger partial charge in [0.25, 0.3) is 5.91 Å². The fourth-order valence-corrected chi connectivity index (χ4v) is 3.54. The van der Waals surface area contributed by atoms with Gasteiger partial charge in [0.15, 0.2) is 5.69 Å². The molecule has 4 rings (SSSR count). The number of rotatable bonds is 4. The number of aromatic nitrogens is 2. The largest absolute Gasteiger partial charge is 0.377 e. The molecule has 6 heteroatoms. The highest BCUT2D eigenvalue weighted by molar-refractivity contribution is 5.94. The van der Waals surface area contributed by atoms with E-state index < -0.39 is 0 Å². The first-order valence-electron chi connectivity index (χ1n) is 8.78. The van der Waals surface area contributed by atoms with Gasteiger partial charge in [-0.1, -0.05) is 30.3 Å². The predicted molar refractivity (Wildman–Crippen MR) is 92.2 cm³/mol. The number of nitrogens with zero attached hydrogens (tertiary/aromatic N) is 2. The van der Waals surface area contributed by atoms with E-state index in [2.05, 4.69) is 10.2 Å². The molecule has 0 bridgehead atoms. The number of fused-ring (bicyclic) bond motifs is 1. The topological polar surface area (TPSA) is 67.5 Å². The predicted octanol–water partition coefficient (Wildman–Crippen LogP) is 2.47. The van der Waals surface area contributed by atoms with Crippen LogP contribution in [0.4, 0.5) is 0 Å². The van der Waals surface area contributed by atoms with E-state index in [9.17, 15) is 4.79 Å². The van der Waals surface area contributed by atoms with Crippen LogP contribution in [0.2, 0.25) is 0 Å². The van der Waals surface area contributed by atoms with Gasteiger partial charge in [0.05, 0.1) is 37.2 Å². The van der Waals surface area contributed by atoms with Crippen LogP contribution in [0.1, 0.15) is 47.3 Å². The number of nitrogens with one attached hydrogen (secondary N) is 1. The minimum absolute atomic E-state index is 0.0315. The van der Waals surface area contributed by atoms with Crippen molar-refractivity contribution >= 4 is 5.91 Å². The summed E-state index contributed by atoms with van der Waals surface area (Å²) in [7, 11) is 0. The Bertz CT molecular complexity index is 755. The number of hydrogen-bond acceptors (Lipinski definition) is 4. The van der Waals surface area contributed by atoms with Crippen LogP contribution < -0.4 is 0 Å². The first-order chi connectivity index (χ1) is 12.1. The van der Waals surface area contributed by atoms with Crippen molar-refractivity contribution < 1.29 is 14.3 Å². The van der Waals surface area contributed by atoms with Crippen LogP contribution in [0.3, 0.4) is 0 Å². The third kappa shape index (κ3) is 3.07. The molecule has 2 aromatic rings. The maximum absolute atomic E-state index is 13.3. The quantitative estimate of drug-likeness (QED) is 0.928. The van der Waals surface area contributed by atoms with E-state index in [4.69, 9.17) is 9.47 Å². The number of ether oxygens (including phenoxy) is 2. The third-order valence-corrected chi connectivity index (χ3v) is 4.95. The number of amides is 1. The normalized spacial score (nSPS) is 23.0. The maximum atomic E-state index is 13.3. The molecule has 0 saturated carbocycles. The number of carbonyl (C=O) groups excluding carboxylic acids is 1. The monoisotopic (exact) mass is 341 g/mol. The van der Waals surface area contributed by atoms with E-state index in [1.54, 1.807) is 0 Å². The van der Waals surface area contributed by atoms with Crippen molar-refractivity contribution in [3.8, 4) is 0 Å². The lowest BCUT2D eigenvalue weighted by Gasteiger charge is -2.37. The Morgan fingerprint density at radius 2 is 2.04 bits per heavy atom. The van der Waals surface area contributed by atoms with Crippen molar-refractivity contribution in [2.45, 2.75) is 45.1 Å². The summed E-state index contributed by atoms with van der Waals surface area (Å²) in [5.74, 6) is -0.0315. The van der Waals surface area contributed by atoms with Gasteiger partial charge in [0, 0.05) is 18.5 Å². The summed E-state index contributed by atoms with van der Waals surface area (Å²) >= 11 is 0. The lowest BCUT2D eigenvalue weighted by atomic mass is 9.99. The molecule has 1 aromatic carbocycles. The van der Waals surface area contributed by atoms with Crippen molar-refractivity contribution in [2.75, 3.05) is 13.2 Å². The standard InChI is InChI=1S/C19H23N3O3/c1-12-8-16-17(13(2)25-12)20-21-18(16)19(23)22(15-10-24-11-15)9-14-6-4-3-5-7-14/h3-7,12-13,15H,8-11H2,1-2H3,(H,20,21)/t12-,13+/m1/s1. The van der Waals surface area contributed by atoms with E-state index >= 15 is 0 Å². The lowest BCUT2D eigenvalue weighted by molar-refractivity contribution is -0.0568. The Labute approximate surface area is 147 Å². The molecule has 2 atom stereocenters. The van der Waals surface area contributed by atoms with Crippen molar-refractivity contribution in [3.05, 3.63) is 52.8 Å². The van der Waals surface area contributed by atoms with Crippen LogP contribution in [-0.2, 0) is 22.4 Å². The van der Waals surface area contributed by atoms with Crippen LogP contribution in [0, 0.1) is 0 Å². The Balaban J connectivity index is 1.63. The summed E-state index contributed by atoms with van der Waals surface area (Å²) in [6, 6.07) is 10.2. The first-order valence-corrected chi connectivity index (χ1v) is 8.78. The molecule has 6 nitrogen and oxygen atoms in total. The number of aromatic amines is 1. The Kier molecular flexibility index (Phi) is 4.31. The zero-order valence-corrected chi connectivity index (χ0v) is 14.6. The molecule has 1 saturated heterocycles. The molecular formula is C19H23N3O3. The summed E-state index contributed by atoms with van der Waals surface area (Å²) in [6.45, 7) is 5.75. The maximum Gasteiger partial charge on any atom is 0.275 e. The van der Waals surface area contributed by atoms with Crippen molar-refractivity contribution in [1.29, 1.82) is 0 Å². The van der Waals surface area contributed by atoms with Crippen LogP contribution in [0.5, 0.6) is 0 Å². The van der Waals surface area contributed by atoms with Gasteiger partial charge in [-0.3, -0.25) is 9.89 Å². The average Bonchev–Trinajstić information content (AvgIpc) is 2.97. The highest BCUT2D eigenvalue weighted by atomic mass is 16.5. The SMILES string of the molecule is C[C@@H]1Cc2c(C(=O)N(Cc3ccccc3)C3COC3)n[nH]c2[C@H](C)O1. The molecule has 1 amide bonds. The second kappa shape index (κ2) is 6.61.